The van der Waals surface area contributed by atoms with Gasteiger partial charge in [-0.1, -0.05) is 50.3 Å². The molecule has 0 amide bonds. The normalized spacial score (nSPS) is 12.2. The fraction of sp³-hybridized carbons (Fsp3) is 0.333. The topological polar surface area (TPSA) is 0 Å². The summed E-state index contributed by atoms with van der Waals surface area (Å²) in [6.45, 7) is 6.55. The Morgan fingerprint density at radius 1 is 1.17 bits per heavy atom. The number of allylic oxidation sites excluding steroid dienone is 2. The predicted molar refractivity (Wildman–Crippen MR) is 54.9 cm³/mol. The molecule has 0 fully saturated rings. The van der Waals surface area contributed by atoms with Gasteiger partial charge >= 0.3 is 0 Å². The molecule has 1 aromatic rings. The van der Waals surface area contributed by atoms with Crippen LogP contribution in [0.25, 0.3) is 5.57 Å². The van der Waals surface area contributed by atoms with Crippen molar-refractivity contribution >= 4 is 5.57 Å². The van der Waals surface area contributed by atoms with Crippen molar-refractivity contribution in [2.45, 2.75) is 20.8 Å². The van der Waals surface area contributed by atoms with Gasteiger partial charge < -0.3 is 0 Å². The molecule has 0 aliphatic rings. The smallest absolute Gasteiger partial charge is 0.0216 e. The van der Waals surface area contributed by atoms with E-state index in [-0.39, 0.29) is 0 Å². The summed E-state index contributed by atoms with van der Waals surface area (Å²) >= 11 is 0. The third-order valence-corrected chi connectivity index (χ3v) is 2.04. The molecule has 0 atom stereocenters. The highest BCUT2D eigenvalue weighted by atomic mass is 14.1. The van der Waals surface area contributed by atoms with Crippen molar-refractivity contribution < 1.29 is 0 Å². The lowest BCUT2D eigenvalue weighted by Crippen LogP contribution is -1.92. The maximum Gasteiger partial charge on any atom is -0.0216 e. The number of hydrogen-bond acceptors (Lipinski definition) is 0. The van der Waals surface area contributed by atoms with Crippen LogP contribution in [-0.4, -0.2) is 0 Å². The van der Waals surface area contributed by atoms with E-state index in [1.54, 1.807) is 0 Å². The third kappa shape index (κ3) is 1.97. The van der Waals surface area contributed by atoms with Crippen molar-refractivity contribution in [1.29, 1.82) is 0 Å². The summed E-state index contributed by atoms with van der Waals surface area (Å²) in [5.74, 6) is 0.609. The molecule has 0 radical (unpaired) electrons. The van der Waals surface area contributed by atoms with Crippen LogP contribution in [0, 0.1) is 5.92 Å². The first-order valence-electron chi connectivity index (χ1n) is 4.47. The average molecular weight is 160 g/mol. The predicted octanol–water partition coefficient (Wildman–Crippen LogP) is 3.75. The summed E-state index contributed by atoms with van der Waals surface area (Å²) in [7, 11) is 0. The molecule has 0 bridgehead atoms. The van der Waals surface area contributed by atoms with E-state index in [4.69, 9.17) is 0 Å². The fourth-order valence-corrected chi connectivity index (χ4v) is 1.46. The van der Waals surface area contributed by atoms with Crippen LogP contribution in [-0.2, 0) is 0 Å². The monoisotopic (exact) mass is 160 g/mol. The number of hydrogen-bond donors (Lipinski definition) is 0. The Labute approximate surface area is 74.9 Å². The largest absolute Gasteiger partial charge is 0.0836 e. The van der Waals surface area contributed by atoms with Crippen molar-refractivity contribution in [3.8, 4) is 0 Å². The van der Waals surface area contributed by atoms with E-state index in [1.807, 2.05) is 0 Å². The van der Waals surface area contributed by atoms with Crippen LogP contribution in [0.2, 0.25) is 0 Å². The molecule has 0 heteroatoms. The molecule has 0 aliphatic heterocycles. The second kappa shape index (κ2) is 4.10. The summed E-state index contributed by atoms with van der Waals surface area (Å²) in [4.78, 5) is 0. The molecular formula is C12H16. The summed E-state index contributed by atoms with van der Waals surface area (Å²) < 4.78 is 0. The second-order valence-corrected chi connectivity index (χ2v) is 3.26. The van der Waals surface area contributed by atoms with Crippen molar-refractivity contribution in [3.63, 3.8) is 0 Å². The van der Waals surface area contributed by atoms with Gasteiger partial charge in [0.15, 0.2) is 0 Å². The van der Waals surface area contributed by atoms with Gasteiger partial charge in [-0.25, -0.2) is 0 Å². The highest BCUT2D eigenvalue weighted by Gasteiger charge is 2.02. The zero-order valence-electron chi connectivity index (χ0n) is 8.04. The first-order chi connectivity index (χ1) is 5.75. The highest BCUT2D eigenvalue weighted by Crippen LogP contribution is 2.21. The van der Waals surface area contributed by atoms with Gasteiger partial charge in [-0.05, 0) is 24.0 Å². The molecule has 0 saturated carbocycles. The van der Waals surface area contributed by atoms with Gasteiger partial charge in [0.2, 0.25) is 0 Å². The van der Waals surface area contributed by atoms with Crippen LogP contribution >= 0.6 is 0 Å². The molecule has 0 aromatic heterocycles. The lowest BCUT2D eigenvalue weighted by Gasteiger charge is -2.10. The van der Waals surface area contributed by atoms with Gasteiger partial charge in [0, 0.05) is 0 Å². The quantitative estimate of drug-likeness (QED) is 0.618. The van der Waals surface area contributed by atoms with E-state index in [0.29, 0.717) is 5.92 Å². The average Bonchev–Trinajstić information content (AvgIpc) is 2.07. The van der Waals surface area contributed by atoms with E-state index in [0.717, 1.165) is 0 Å². The fourth-order valence-electron chi connectivity index (χ4n) is 1.46. The molecular weight excluding hydrogens is 144 g/mol. The lowest BCUT2D eigenvalue weighted by molar-refractivity contribution is 0.854. The molecule has 0 nitrogen and oxygen atoms in total. The second-order valence-electron chi connectivity index (χ2n) is 3.26. The molecule has 12 heavy (non-hydrogen) atoms. The summed E-state index contributed by atoms with van der Waals surface area (Å²) in [5, 5.41) is 0. The Kier molecular flexibility index (Phi) is 3.09. The molecule has 64 valence electrons. The molecule has 1 rings (SSSR count). The van der Waals surface area contributed by atoms with Crippen LogP contribution in [0.15, 0.2) is 36.4 Å². The maximum absolute atomic E-state index is 2.22. The maximum atomic E-state index is 2.22. The van der Waals surface area contributed by atoms with E-state index in [9.17, 15) is 0 Å². The highest BCUT2D eigenvalue weighted by molar-refractivity contribution is 5.66. The summed E-state index contributed by atoms with van der Waals surface area (Å²) in [6, 6.07) is 10.5. The SMILES string of the molecule is C/C=C(\c1ccccc1)C(C)C. The molecule has 1 aromatic carbocycles. The van der Waals surface area contributed by atoms with E-state index in [1.165, 1.54) is 11.1 Å². The van der Waals surface area contributed by atoms with Gasteiger partial charge in [0.1, 0.15) is 0 Å². The minimum atomic E-state index is 0.609. The Bertz CT molecular complexity index is 255. The number of benzene rings is 1. The van der Waals surface area contributed by atoms with Crippen LogP contribution in [0.5, 0.6) is 0 Å². The van der Waals surface area contributed by atoms with Crippen LogP contribution in [0.3, 0.4) is 0 Å². The lowest BCUT2D eigenvalue weighted by atomic mass is 9.95. The van der Waals surface area contributed by atoms with E-state index >= 15 is 0 Å². The Morgan fingerprint density at radius 2 is 1.75 bits per heavy atom. The van der Waals surface area contributed by atoms with Crippen molar-refractivity contribution in [3.05, 3.63) is 42.0 Å². The molecule has 0 unspecified atom stereocenters. The van der Waals surface area contributed by atoms with Crippen molar-refractivity contribution in [2.75, 3.05) is 0 Å². The summed E-state index contributed by atoms with van der Waals surface area (Å²) in [5.41, 5.74) is 2.77. The van der Waals surface area contributed by atoms with E-state index in [2.05, 4.69) is 57.2 Å². The minimum absolute atomic E-state index is 0.609. The first kappa shape index (κ1) is 9.05. The molecule has 0 spiro atoms. The van der Waals surface area contributed by atoms with Crippen molar-refractivity contribution in [1.82, 2.24) is 0 Å². The third-order valence-electron chi connectivity index (χ3n) is 2.04. The van der Waals surface area contributed by atoms with Crippen LogP contribution in [0.4, 0.5) is 0 Å². The van der Waals surface area contributed by atoms with Gasteiger partial charge in [-0.2, -0.15) is 0 Å². The molecule has 0 N–H and O–H groups in total. The Hall–Kier alpha value is -1.04. The van der Waals surface area contributed by atoms with Crippen molar-refractivity contribution in [2.24, 2.45) is 5.92 Å². The standard InChI is InChI=1S/C12H16/c1-4-12(10(2)3)11-8-6-5-7-9-11/h4-10H,1-3H3/b12-4-. The number of rotatable bonds is 2. The zero-order valence-corrected chi connectivity index (χ0v) is 8.04. The van der Waals surface area contributed by atoms with Crippen LogP contribution < -0.4 is 0 Å². The zero-order chi connectivity index (χ0) is 8.97. The van der Waals surface area contributed by atoms with Crippen LogP contribution in [0.1, 0.15) is 26.3 Å². The van der Waals surface area contributed by atoms with Gasteiger partial charge in [-0.3, -0.25) is 0 Å². The first-order valence-corrected chi connectivity index (χ1v) is 4.47. The Morgan fingerprint density at radius 3 is 2.17 bits per heavy atom. The van der Waals surface area contributed by atoms with Gasteiger partial charge in [0.05, 0.1) is 0 Å². The van der Waals surface area contributed by atoms with E-state index < -0.39 is 0 Å². The molecule has 0 saturated heterocycles. The van der Waals surface area contributed by atoms with Gasteiger partial charge in [-0.15, -0.1) is 0 Å². The minimum Gasteiger partial charge on any atom is -0.0836 e. The summed E-state index contributed by atoms with van der Waals surface area (Å²) in [6.07, 6.45) is 2.19. The Balaban J connectivity index is 2.97. The molecule has 0 aliphatic carbocycles. The molecule has 0 heterocycles. The van der Waals surface area contributed by atoms with Gasteiger partial charge in [0.25, 0.3) is 0 Å².